The highest BCUT2D eigenvalue weighted by Gasteiger charge is 2.21. The number of amides is 1. The molecule has 1 aliphatic rings. The van der Waals surface area contributed by atoms with Crippen molar-refractivity contribution in [2.24, 2.45) is 4.99 Å². The van der Waals surface area contributed by atoms with Gasteiger partial charge in [-0.2, -0.15) is 0 Å². The summed E-state index contributed by atoms with van der Waals surface area (Å²) >= 11 is 0. The zero-order chi connectivity index (χ0) is 19.9. The standard InChI is InChI=1S/C20H32FN5O.HI/c1-5-22-19(24-20(2,3)4)23-11-10-18(27)26-14-12-25(13-15-26)17-8-6-16(21)7-9-17;/h6-9H,5,10-15H2,1-4H3,(H2,22,23,24);1H. The van der Waals surface area contributed by atoms with Gasteiger partial charge in [-0.1, -0.05) is 0 Å². The number of aliphatic imine (C=N–C) groups is 1. The monoisotopic (exact) mass is 505 g/mol. The molecular formula is C20H33FIN5O. The van der Waals surface area contributed by atoms with Gasteiger partial charge in [0, 0.05) is 50.4 Å². The molecule has 0 bridgehead atoms. The van der Waals surface area contributed by atoms with Crippen molar-refractivity contribution >= 4 is 41.5 Å². The van der Waals surface area contributed by atoms with Gasteiger partial charge in [0.2, 0.25) is 5.91 Å². The number of hydrogen-bond acceptors (Lipinski definition) is 3. The summed E-state index contributed by atoms with van der Waals surface area (Å²) in [5.74, 6) is 0.633. The quantitative estimate of drug-likeness (QED) is 0.367. The molecule has 2 N–H and O–H groups in total. The maximum atomic E-state index is 13.0. The van der Waals surface area contributed by atoms with Crippen molar-refractivity contribution in [3.63, 3.8) is 0 Å². The summed E-state index contributed by atoms with van der Waals surface area (Å²) in [6, 6.07) is 6.51. The van der Waals surface area contributed by atoms with Crippen LogP contribution in [0.2, 0.25) is 0 Å². The van der Waals surface area contributed by atoms with E-state index < -0.39 is 0 Å². The average molecular weight is 505 g/mol. The third-order valence-corrected chi connectivity index (χ3v) is 4.26. The third kappa shape index (κ3) is 8.20. The predicted octanol–water partition coefficient (Wildman–Crippen LogP) is 2.84. The van der Waals surface area contributed by atoms with E-state index in [2.05, 4.69) is 41.3 Å². The molecule has 8 heteroatoms. The Kier molecular flexibility index (Phi) is 9.98. The van der Waals surface area contributed by atoms with Crippen LogP contribution in [0.4, 0.5) is 10.1 Å². The Morgan fingerprint density at radius 1 is 1.14 bits per heavy atom. The van der Waals surface area contributed by atoms with Crippen LogP contribution in [0.1, 0.15) is 34.1 Å². The van der Waals surface area contributed by atoms with E-state index in [0.717, 1.165) is 31.3 Å². The van der Waals surface area contributed by atoms with E-state index in [1.54, 1.807) is 12.1 Å². The number of carbonyl (C=O) groups is 1. The smallest absolute Gasteiger partial charge is 0.224 e. The van der Waals surface area contributed by atoms with Crippen LogP contribution in [0.25, 0.3) is 0 Å². The lowest BCUT2D eigenvalue weighted by molar-refractivity contribution is -0.131. The van der Waals surface area contributed by atoms with E-state index in [9.17, 15) is 9.18 Å². The Morgan fingerprint density at radius 2 is 1.75 bits per heavy atom. The first kappa shape index (κ1) is 24.5. The first-order valence-corrected chi connectivity index (χ1v) is 9.63. The molecule has 0 atom stereocenters. The normalized spacial score (nSPS) is 15.1. The van der Waals surface area contributed by atoms with Crippen LogP contribution >= 0.6 is 24.0 Å². The Hall–Kier alpha value is -1.58. The molecule has 158 valence electrons. The fourth-order valence-corrected chi connectivity index (χ4v) is 2.95. The molecule has 28 heavy (non-hydrogen) atoms. The van der Waals surface area contributed by atoms with Gasteiger partial charge in [-0.15, -0.1) is 24.0 Å². The molecule has 2 rings (SSSR count). The van der Waals surface area contributed by atoms with Crippen molar-refractivity contribution in [1.29, 1.82) is 0 Å². The number of nitrogens with zero attached hydrogens (tertiary/aromatic N) is 3. The molecule has 0 aliphatic carbocycles. The molecule has 0 aromatic heterocycles. The Balaban J connectivity index is 0.00000392. The number of nitrogens with one attached hydrogen (secondary N) is 2. The number of rotatable bonds is 5. The second-order valence-corrected chi connectivity index (χ2v) is 7.73. The fourth-order valence-electron chi connectivity index (χ4n) is 2.95. The highest BCUT2D eigenvalue weighted by Crippen LogP contribution is 2.17. The van der Waals surface area contributed by atoms with Crippen LogP contribution in [0, 0.1) is 5.82 Å². The largest absolute Gasteiger partial charge is 0.368 e. The van der Waals surface area contributed by atoms with Crippen LogP contribution in [-0.4, -0.2) is 61.6 Å². The van der Waals surface area contributed by atoms with Crippen LogP contribution in [-0.2, 0) is 4.79 Å². The summed E-state index contributed by atoms with van der Waals surface area (Å²) in [7, 11) is 0. The molecule has 1 fully saturated rings. The minimum atomic E-state index is -0.231. The first-order chi connectivity index (χ1) is 12.8. The average Bonchev–Trinajstić information content (AvgIpc) is 2.61. The lowest BCUT2D eigenvalue weighted by atomic mass is 10.1. The molecule has 1 aromatic carbocycles. The van der Waals surface area contributed by atoms with Crippen LogP contribution in [0.15, 0.2) is 29.3 Å². The third-order valence-electron chi connectivity index (χ3n) is 4.26. The minimum absolute atomic E-state index is 0. The lowest BCUT2D eigenvalue weighted by Crippen LogP contribution is -2.49. The number of guanidine groups is 1. The fraction of sp³-hybridized carbons (Fsp3) is 0.600. The van der Waals surface area contributed by atoms with Gasteiger partial charge in [0.25, 0.3) is 0 Å². The van der Waals surface area contributed by atoms with E-state index in [0.29, 0.717) is 26.1 Å². The Labute approximate surface area is 185 Å². The first-order valence-electron chi connectivity index (χ1n) is 9.63. The summed E-state index contributed by atoms with van der Waals surface area (Å²) in [6.45, 7) is 12.4. The van der Waals surface area contributed by atoms with Gasteiger partial charge in [0.1, 0.15) is 5.82 Å². The van der Waals surface area contributed by atoms with Gasteiger partial charge < -0.3 is 20.4 Å². The van der Waals surface area contributed by atoms with Crippen molar-refractivity contribution in [1.82, 2.24) is 15.5 Å². The van der Waals surface area contributed by atoms with Crippen molar-refractivity contribution in [3.05, 3.63) is 30.1 Å². The van der Waals surface area contributed by atoms with Crippen molar-refractivity contribution in [2.75, 3.05) is 44.2 Å². The van der Waals surface area contributed by atoms with Gasteiger partial charge in [-0.25, -0.2) is 4.39 Å². The minimum Gasteiger partial charge on any atom is -0.368 e. The maximum Gasteiger partial charge on any atom is 0.224 e. The van der Waals surface area contributed by atoms with Gasteiger partial charge in [-0.3, -0.25) is 9.79 Å². The lowest BCUT2D eigenvalue weighted by Gasteiger charge is -2.36. The number of halogens is 2. The SMILES string of the molecule is CCNC(=NCCC(=O)N1CCN(c2ccc(F)cc2)CC1)NC(C)(C)C.I. The summed E-state index contributed by atoms with van der Waals surface area (Å²) in [4.78, 5) is 21.0. The number of carbonyl (C=O) groups excluding carboxylic acids is 1. The number of anilines is 1. The van der Waals surface area contributed by atoms with E-state index in [-0.39, 0.29) is 41.2 Å². The molecule has 1 aliphatic heterocycles. The molecule has 0 unspecified atom stereocenters. The van der Waals surface area contributed by atoms with Crippen LogP contribution < -0.4 is 15.5 Å². The predicted molar refractivity (Wildman–Crippen MR) is 124 cm³/mol. The summed E-state index contributed by atoms with van der Waals surface area (Å²) in [6.07, 6.45) is 0.400. The molecule has 1 heterocycles. The molecule has 1 saturated heterocycles. The zero-order valence-corrected chi connectivity index (χ0v) is 19.6. The molecule has 0 spiro atoms. The topological polar surface area (TPSA) is 60.0 Å². The Morgan fingerprint density at radius 3 is 2.29 bits per heavy atom. The van der Waals surface area contributed by atoms with E-state index in [1.807, 2.05) is 11.8 Å². The molecule has 0 radical (unpaired) electrons. The molecule has 1 aromatic rings. The van der Waals surface area contributed by atoms with E-state index in [4.69, 9.17) is 0 Å². The summed E-state index contributed by atoms with van der Waals surface area (Å²) in [5, 5.41) is 6.52. The van der Waals surface area contributed by atoms with Gasteiger partial charge >= 0.3 is 0 Å². The van der Waals surface area contributed by atoms with Crippen molar-refractivity contribution in [2.45, 2.75) is 39.7 Å². The molecular weight excluding hydrogens is 472 g/mol. The molecule has 6 nitrogen and oxygen atoms in total. The Bertz CT molecular complexity index is 637. The van der Waals surface area contributed by atoms with E-state index in [1.165, 1.54) is 12.1 Å². The number of piperazine rings is 1. The maximum absolute atomic E-state index is 13.0. The van der Waals surface area contributed by atoms with Gasteiger partial charge in [0.15, 0.2) is 5.96 Å². The number of hydrogen-bond donors (Lipinski definition) is 2. The van der Waals surface area contributed by atoms with Crippen LogP contribution in [0.3, 0.4) is 0 Å². The van der Waals surface area contributed by atoms with Crippen molar-refractivity contribution in [3.8, 4) is 0 Å². The molecule has 0 saturated carbocycles. The van der Waals surface area contributed by atoms with Gasteiger partial charge in [-0.05, 0) is 52.0 Å². The summed E-state index contributed by atoms with van der Waals surface area (Å²) in [5.41, 5.74) is 0.915. The second-order valence-electron chi connectivity index (χ2n) is 7.73. The van der Waals surface area contributed by atoms with Crippen LogP contribution in [0.5, 0.6) is 0 Å². The highest BCUT2D eigenvalue weighted by atomic mass is 127. The second kappa shape index (κ2) is 11.4. The number of benzene rings is 1. The van der Waals surface area contributed by atoms with Gasteiger partial charge in [0.05, 0.1) is 6.54 Å². The molecule has 1 amide bonds. The van der Waals surface area contributed by atoms with Crippen molar-refractivity contribution < 1.29 is 9.18 Å². The highest BCUT2D eigenvalue weighted by molar-refractivity contribution is 14.0. The van der Waals surface area contributed by atoms with E-state index >= 15 is 0 Å². The zero-order valence-electron chi connectivity index (χ0n) is 17.3. The summed E-state index contributed by atoms with van der Waals surface area (Å²) < 4.78 is 13.0.